The number of aromatic nitrogens is 1. The molecule has 14 heavy (non-hydrogen) atoms. The van der Waals surface area contributed by atoms with Crippen LogP contribution in [0, 0.1) is 6.92 Å². The van der Waals surface area contributed by atoms with Gasteiger partial charge in [-0.1, -0.05) is 6.92 Å². The highest BCUT2D eigenvalue weighted by molar-refractivity contribution is 6.59. The zero-order chi connectivity index (χ0) is 10.7. The van der Waals surface area contributed by atoms with Crippen LogP contribution < -0.4 is 5.46 Å². The second-order valence-corrected chi connectivity index (χ2v) is 3.26. The first-order valence-electron chi connectivity index (χ1n) is 4.57. The average Bonchev–Trinajstić information content (AvgIpc) is 2.15. The largest absolute Gasteiger partial charge is 0.490 e. The molecule has 1 heterocycles. The minimum atomic E-state index is -1.50. The van der Waals surface area contributed by atoms with Crippen LogP contribution in [0.15, 0.2) is 12.3 Å². The van der Waals surface area contributed by atoms with Crippen molar-refractivity contribution in [2.24, 2.45) is 0 Å². The van der Waals surface area contributed by atoms with Crippen molar-refractivity contribution in [3.05, 3.63) is 23.5 Å². The molecule has 0 saturated heterocycles. The van der Waals surface area contributed by atoms with Crippen LogP contribution in [-0.2, 0) is 0 Å². The lowest BCUT2D eigenvalue weighted by molar-refractivity contribution is 0.169. The van der Waals surface area contributed by atoms with E-state index in [1.165, 1.54) is 6.20 Å². The molecule has 4 nitrogen and oxygen atoms in total. The maximum Gasteiger partial charge on any atom is 0.490 e. The van der Waals surface area contributed by atoms with Crippen molar-refractivity contribution < 1.29 is 15.2 Å². The molecular formula is C9H14BNO3. The Bertz CT molecular complexity index is 317. The smallest absolute Gasteiger partial charge is 0.423 e. The molecule has 1 rings (SSSR count). The van der Waals surface area contributed by atoms with Crippen LogP contribution >= 0.6 is 0 Å². The number of aliphatic hydroxyl groups excluding tert-OH is 1. The molecule has 0 amide bonds. The Morgan fingerprint density at radius 1 is 1.50 bits per heavy atom. The maximum absolute atomic E-state index is 9.50. The fourth-order valence-electron chi connectivity index (χ4n) is 1.25. The van der Waals surface area contributed by atoms with Crippen LogP contribution in [0.4, 0.5) is 0 Å². The number of pyridine rings is 1. The van der Waals surface area contributed by atoms with Gasteiger partial charge in [-0.15, -0.1) is 0 Å². The summed E-state index contributed by atoms with van der Waals surface area (Å²) in [7, 11) is -1.50. The third kappa shape index (κ3) is 2.32. The van der Waals surface area contributed by atoms with Crippen molar-refractivity contribution in [1.29, 1.82) is 0 Å². The molecule has 0 bridgehead atoms. The van der Waals surface area contributed by atoms with Gasteiger partial charge in [-0.2, -0.15) is 0 Å². The Hall–Kier alpha value is -0.905. The Kier molecular flexibility index (Phi) is 3.63. The van der Waals surface area contributed by atoms with Gasteiger partial charge in [-0.3, -0.25) is 4.98 Å². The van der Waals surface area contributed by atoms with E-state index in [9.17, 15) is 5.11 Å². The van der Waals surface area contributed by atoms with E-state index in [4.69, 9.17) is 10.0 Å². The van der Waals surface area contributed by atoms with Gasteiger partial charge in [0, 0.05) is 11.7 Å². The van der Waals surface area contributed by atoms with Gasteiger partial charge in [0.1, 0.15) is 0 Å². The first-order valence-corrected chi connectivity index (χ1v) is 4.57. The highest BCUT2D eigenvalue weighted by atomic mass is 16.4. The van der Waals surface area contributed by atoms with E-state index in [2.05, 4.69) is 4.98 Å². The van der Waals surface area contributed by atoms with Crippen LogP contribution in [0.25, 0.3) is 0 Å². The molecule has 0 aromatic carbocycles. The van der Waals surface area contributed by atoms with Gasteiger partial charge >= 0.3 is 7.12 Å². The minimum absolute atomic E-state index is 0.372. The van der Waals surface area contributed by atoms with Crippen molar-refractivity contribution in [3.63, 3.8) is 0 Å². The van der Waals surface area contributed by atoms with Gasteiger partial charge in [-0.25, -0.2) is 0 Å². The number of rotatable bonds is 3. The summed E-state index contributed by atoms with van der Waals surface area (Å²) < 4.78 is 0. The molecule has 0 aliphatic heterocycles. The van der Waals surface area contributed by atoms with E-state index in [0.29, 0.717) is 17.6 Å². The first-order chi connectivity index (χ1) is 6.56. The molecule has 1 aromatic rings. The summed E-state index contributed by atoms with van der Waals surface area (Å²) >= 11 is 0. The Morgan fingerprint density at radius 2 is 2.14 bits per heavy atom. The van der Waals surface area contributed by atoms with Crippen molar-refractivity contribution in [3.8, 4) is 0 Å². The van der Waals surface area contributed by atoms with E-state index in [0.717, 1.165) is 5.56 Å². The molecule has 5 heteroatoms. The van der Waals surface area contributed by atoms with Gasteiger partial charge in [0.15, 0.2) is 0 Å². The maximum atomic E-state index is 9.50. The predicted molar refractivity (Wildman–Crippen MR) is 54.1 cm³/mol. The van der Waals surface area contributed by atoms with Crippen LogP contribution in [0.2, 0.25) is 0 Å². The molecule has 76 valence electrons. The molecule has 0 spiro atoms. The average molecular weight is 195 g/mol. The van der Waals surface area contributed by atoms with Gasteiger partial charge in [-0.05, 0) is 25.0 Å². The van der Waals surface area contributed by atoms with Gasteiger partial charge < -0.3 is 15.2 Å². The van der Waals surface area contributed by atoms with Gasteiger partial charge in [0.25, 0.3) is 0 Å². The summed E-state index contributed by atoms with van der Waals surface area (Å²) in [5, 5.41) is 27.4. The van der Waals surface area contributed by atoms with E-state index in [-0.39, 0.29) is 0 Å². The fraction of sp³-hybridized carbons (Fsp3) is 0.444. The topological polar surface area (TPSA) is 73.6 Å². The molecule has 0 aliphatic carbocycles. The minimum Gasteiger partial charge on any atom is -0.423 e. The van der Waals surface area contributed by atoms with E-state index >= 15 is 0 Å². The fourth-order valence-corrected chi connectivity index (χ4v) is 1.25. The molecule has 0 fully saturated rings. The lowest BCUT2D eigenvalue weighted by atomic mass is 9.78. The predicted octanol–water partition coefficient (Wildman–Crippen LogP) is -0.487. The van der Waals surface area contributed by atoms with Crippen LogP contribution in [0.5, 0.6) is 0 Å². The summed E-state index contributed by atoms with van der Waals surface area (Å²) in [6.07, 6.45) is 1.39. The Morgan fingerprint density at radius 3 is 2.57 bits per heavy atom. The summed E-state index contributed by atoms with van der Waals surface area (Å²) in [5.74, 6) is 0. The van der Waals surface area contributed by atoms with Crippen LogP contribution in [-0.4, -0.2) is 27.3 Å². The lowest BCUT2D eigenvalue weighted by Crippen LogP contribution is -2.32. The van der Waals surface area contributed by atoms with E-state index in [1.54, 1.807) is 13.0 Å². The number of nitrogens with zero attached hydrogens (tertiary/aromatic N) is 1. The molecule has 0 radical (unpaired) electrons. The quantitative estimate of drug-likeness (QED) is 0.569. The monoisotopic (exact) mass is 195 g/mol. The highest BCUT2D eigenvalue weighted by Gasteiger charge is 2.16. The summed E-state index contributed by atoms with van der Waals surface area (Å²) in [6, 6.07) is 1.67. The number of hydrogen-bond donors (Lipinski definition) is 3. The Balaban J connectivity index is 3.00. The normalized spacial score (nSPS) is 12.6. The second kappa shape index (κ2) is 4.55. The SMILES string of the molecule is CCC(O)c1cc(C)c(B(O)O)cn1. The van der Waals surface area contributed by atoms with E-state index in [1.807, 2.05) is 6.92 Å². The second-order valence-electron chi connectivity index (χ2n) is 3.26. The highest BCUT2D eigenvalue weighted by Crippen LogP contribution is 2.13. The molecule has 3 N–H and O–H groups in total. The lowest BCUT2D eigenvalue weighted by Gasteiger charge is -2.10. The zero-order valence-electron chi connectivity index (χ0n) is 8.31. The van der Waals surface area contributed by atoms with Crippen LogP contribution in [0.3, 0.4) is 0 Å². The number of aliphatic hydroxyl groups is 1. The first kappa shape index (κ1) is 11.2. The van der Waals surface area contributed by atoms with Crippen molar-refractivity contribution in [2.45, 2.75) is 26.4 Å². The standard InChI is InChI=1S/C9H14BNO3/c1-3-9(12)8-4-6(2)7(5-11-8)10(13)14/h4-5,9,12-14H,3H2,1-2H3. The number of hydrogen-bond acceptors (Lipinski definition) is 4. The van der Waals surface area contributed by atoms with Crippen molar-refractivity contribution in [1.82, 2.24) is 4.98 Å². The molecular weight excluding hydrogens is 181 g/mol. The zero-order valence-corrected chi connectivity index (χ0v) is 8.31. The third-order valence-electron chi connectivity index (χ3n) is 2.18. The Labute approximate surface area is 83.4 Å². The molecule has 0 saturated carbocycles. The number of aryl methyl sites for hydroxylation is 1. The third-order valence-corrected chi connectivity index (χ3v) is 2.18. The van der Waals surface area contributed by atoms with E-state index < -0.39 is 13.2 Å². The van der Waals surface area contributed by atoms with Crippen molar-refractivity contribution in [2.75, 3.05) is 0 Å². The van der Waals surface area contributed by atoms with Crippen molar-refractivity contribution >= 4 is 12.6 Å². The summed E-state index contributed by atoms with van der Waals surface area (Å²) in [5.41, 5.74) is 1.66. The molecule has 1 atom stereocenters. The van der Waals surface area contributed by atoms with Gasteiger partial charge in [0.2, 0.25) is 0 Å². The summed E-state index contributed by atoms with van der Waals surface area (Å²) in [4.78, 5) is 3.96. The molecule has 1 aromatic heterocycles. The molecule has 1 unspecified atom stereocenters. The molecule has 0 aliphatic rings. The summed E-state index contributed by atoms with van der Waals surface area (Å²) in [6.45, 7) is 3.61. The van der Waals surface area contributed by atoms with Gasteiger partial charge in [0.05, 0.1) is 11.8 Å². The van der Waals surface area contributed by atoms with Crippen LogP contribution in [0.1, 0.15) is 30.7 Å².